The van der Waals surface area contributed by atoms with Gasteiger partial charge >= 0.3 is 6.09 Å². The summed E-state index contributed by atoms with van der Waals surface area (Å²) in [5, 5.41) is 8.51. The molecule has 4 N–H and O–H groups in total. The molecular formula is C40H43N7O4. The van der Waals surface area contributed by atoms with Gasteiger partial charge in [0, 0.05) is 41.8 Å². The number of carbonyl (C=O) groups is 2. The quantitative estimate of drug-likeness (QED) is 0.162. The number of likely N-dealkylation sites (tertiary alicyclic amines) is 1. The average Bonchev–Trinajstić information content (AvgIpc) is 3.78. The normalized spacial score (nSPS) is 26.1. The molecule has 11 heteroatoms. The third-order valence-corrected chi connectivity index (χ3v) is 11.7. The first-order valence-electron chi connectivity index (χ1n) is 18.2. The molecule has 2 aliphatic heterocycles. The van der Waals surface area contributed by atoms with E-state index in [4.69, 9.17) is 19.4 Å². The molecule has 0 spiro atoms. The number of aromatic amines is 2. The van der Waals surface area contributed by atoms with E-state index in [9.17, 15) is 9.59 Å². The first-order valence-corrected chi connectivity index (χ1v) is 18.2. The van der Waals surface area contributed by atoms with Gasteiger partial charge in [-0.2, -0.15) is 0 Å². The molecule has 9 rings (SSSR count). The number of nitrogens with one attached hydrogen (secondary N) is 4. The fourth-order valence-corrected chi connectivity index (χ4v) is 8.37. The van der Waals surface area contributed by atoms with E-state index in [1.165, 1.54) is 13.5 Å². The zero-order valence-corrected chi connectivity index (χ0v) is 29.2. The van der Waals surface area contributed by atoms with Crippen LogP contribution in [0, 0.1) is 29.1 Å². The van der Waals surface area contributed by atoms with Crippen LogP contribution in [0.1, 0.15) is 74.8 Å². The van der Waals surface area contributed by atoms with Gasteiger partial charge in [-0.3, -0.25) is 4.79 Å². The van der Waals surface area contributed by atoms with Gasteiger partial charge in [0.2, 0.25) is 5.91 Å². The Hall–Kier alpha value is -4.92. The molecule has 2 aliphatic carbocycles. The van der Waals surface area contributed by atoms with Crippen molar-refractivity contribution in [2.45, 2.75) is 76.7 Å². The van der Waals surface area contributed by atoms with E-state index in [-0.39, 0.29) is 29.3 Å². The summed E-state index contributed by atoms with van der Waals surface area (Å²) in [4.78, 5) is 45.6. The third-order valence-electron chi connectivity index (χ3n) is 11.7. The van der Waals surface area contributed by atoms with Crippen LogP contribution in [-0.2, 0) is 20.8 Å². The number of carbonyl (C=O) groups excluding carboxylic acids is 2. The maximum atomic E-state index is 14.4. The molecule has 0 bridgehead atoms. The molecule has 2 aromatic heterocycles. The summed E-state index contributed by atoms with van der Waals surface area (Å²) in [5.41, 5.74) is 5.63. The SMILES string of the molecule is COC(=O)NC(C(=O)N1[C@H](c2nc3c(ccc4cc(C#Cc5ccc6nc(CNC7CC7C)[nH]c6c5)ccc43)[nH]2)C[C@@]2(C)C[C@@H]12)C1CCOCC1. The highest BCUT2D eigenvalue weighted by atomic mass is 16.5. The number of hydrogen-bond acceptors (Lipinski definition) is 7. The monoisotopic (exact) mass is 685 g/mol. The van der Waals surface area contributed by atoms with Crippen LogP contribution in [0.2, 0.25) is 0 Å². The summed E-state index contributed by atoms with van der Waals surface area (Å²) in [6, 6.07) is 16.3. The standard InChI is InChI=1S/C40H43N7O4/c1-22-16-30(22)41-21-34-42-28-10-7-24(18-31(28)43-34)5-4-23-6-9-27-26(17-23)8-11-29-36(27)45-37(44-29)32-19-40(2)20-33(40)47(32)38(48)35(46-39(49)50-3)25-12-14-51-15-13-25/h6-11,17-18,22,25,30,32-33,35,41H,12-16,19-21H2,1-3H3,(H,42,43)(H,44,45)(H,46,49)/t22?,30?,32-,33+,35?,40-/m0/s1. The van der Waals surface area contributed by atoms with Crippen molar-refractivity contribution in [1.82, 2.24) is 35.5 Å². The number of benzene rings is 3. The lowest BCUT2D eigenvalue weighted by molar-refractivity contribution is -0.138. The topological polar surface area (TPSA) is 137 Å². The summed E-state index contributed by atoms with van der Waals surface area (Å²) in [6.07, 6.45) is 3.84. The summed E-state index contributed by atoms with van der Waals surface area (Å²) in [7, 11) is 1.33. The molecule has 4 fully saturated rings. The summed E-state index contributed by atoms with van der Waals surface area (Å²) in [5.74, 6) is 9.08. The molecule has 5 aromatic rings. The summed E-state index contributed by atoms with van der Waals surface area (Å²) >= 11 is 0. The molecule has 2 saturated heterocycles. The first-order chi connectivity index (χ1) is 24.8. The van der Waals surface area contributed by atoms with Gasteiger partial charge < -0.3 is 35.0 Å². The second-order valence-electron chi connectivity index (χ2n) is 15.3. The number of hydrogen-bond donors (Lipinski definition) is 4. The number of aromatic nitrogens is 4. The van der Waals surface area contributed by atoms with Crippen LogP contribution in [0.25, 0.3) is 32.8 Å². The number of methoxy groups -OCH3 is 1. The van der Waals surface area contributed by atoms with Gasteiger partial charge in [-0.15, -0.1) is 0 Å². The Morgan fingerprint density at radius 1 is 1.04 bits per heavy atom. The molecule has 0 radical (unpaired) electrons. The minimum atomic E-state index is -0.673. The van der Waals surface area contributed by atoms with Gasteiger partial charge in [0.1, 0.15) is 17.7 Å². The predicted octanol–water partition coefficient (Wildman–Crippen LogP) is 5.69. The summed E-state index contributed by atoms with van der Waals surface area (Å²) < 4.78 is 10.5. The highest BCUT2D eigenvalue weighted by Crippen LogP contribution is 2.63. The van der Waals surface area contributed by atoms with E-state index in [2.05, 4.69) is 76.6 Å². The molecule has 2 saturated carbocycles. The Labute approximate surface area is 296 Å². The fraction of sp³-hybridized carbons (Fsp3) is 0.450. The highest BCUT2D eigenvalue weighted by molar-refractivity contribution is 6.04. The lowest BCUT2D eigenvalue weighted by atomic mass is 9.90. The Bertz CT molecular complexity index is 2240. The van der Waals surface area contributed by atoms with E-state index < -0.39 is 12.1 Å². The molecule has 4 aliphatic rings. The van der Waals surface area contributed by atoms with Crippen molar-refractivity contribution in [2.75, 3.05) is 20.3 Å². The molecule has 262 valence electrons. The second kappa shape index (κ2) is 12.4. The second-order valence-corrected chi connectivity index (χ2v) is 15.3. The van der Waals surface area contributed by atoms with E-state index >= 15 is 0 Å². The largest absolute Gasteiger partial charge is 0.453 e. The van der Waals surface area contributed by atoms with Gasteiger partial charge in [0.05, 0.1) is 41.8 Å². The van der Waals surface area contributed by atoms with Crippen molar-refractivity contribution in [2.24, 2.45) is 17.3 Å². The van der Waals surface area contributed by atoms with Crippen molar-refractivity contribution >= 4 is 44.8 Å². The number of piperidine rings is 1. The molecule has 2 amide bonds. The average molecular weight is 686 g/mol. The maximum Gasteiger partial charge on any atom is 0.407 e. The van der Waals surface area contributed by atoms with Gasteiger partial charge in [0.15, 0.2) is 0 Å². The molecular weight excluding hydrogens is 642 g/mol. The Morgan fingerprint density at radius 3 is 2.61 bits per heavy atom. The Kier molecular flexibility index (Phi) is 7.78. The number of H-pyrrole nitrogens is 2. The number of ether oxygens (including phenoxy) is 2. The molecule has 3 unspecified atom stereocenters. The molecule has 4 heterocycles. The van der Waals surface area contributed by atoms with Crippen molar-refractivity contribution in [1.29, 1.82) is 0 Å². The van der Waals surface area contributed by atoms with Gasteiger partial charge in [-0.1, -0.05) is 37.8 Å². The Morgan fingerprint density at radius 2 is 1.82 bits per heavy atom. The van der Waals surface area contributed by atoms with Crippen molar-refractivity contribution in [3.8, 4) is 11.8 Å². The smallest absolute Gasteiger partial charge is 0.407 e. The number of rotatable bonds is 7. The number of nitrogens with zero attached hydrogens (tertiary/aromatic N) is 3. The van der Waals surface area contributed by atoms with Crippen LogP contribution in [-0.4, -0.2) is 75.3 Å². The van der Waals surface area contributed by atoms with E-state index in [0.717, 1.165) is 80.9 Å². The maximum absolute atomic E-state index is 14.4. The van der Waals surface area contributed by atoms with Gasteiger partial charge in [-0.05, 0) is 91.1 Å². The lowest BCUT2D eigenvalue weighted by Gasteiger charge is -2.35. The van der Waals surface area contributed by atoms with Crippen molar-refractivity contribution < 1.29 is 19.1 Å². The number of imidazole rings is 2. The fourth-order valence-electron chi connectivity index (χ4n) is 8.37. The first kappa shape index (κ1) is 32.0. The van der Waals surface area contributed by atoms with E-state index in [1.807, 2.05) is 23.1 Å². The molecule has 11 nitrogen and oxygen atoms in total. The van der Waals surface area contributed by atoms with Gasteiger partial charge in [0.25, 0.3) is 0 Å². The number of alkyl carbamates (subject to hydrolysis) is 1. The molecule has 51 heavy (non-hydrogen) atoms. The molecule has 6 atom stereocenters. The zero-order valence-electron chi connectivity index (χ0n) is 29.2. The van der Waals surface area contributed by atoms with E-state index in [1.54, 1.807) is 0 Å². The minimum absolute atomic E-state index is 0.0157. The zero-order chi connectivity index (χ0) is 34.9. The van der Waals surface area contributed by atoms with Crippen LogP contribution in [0.4, 0.5) is 4.79 Å². The van der Waals surface area contributed by atoms with Gasteiger partial charge in [-0.25, -0.2) is 14.8 Å². The highest BCUT2D eigenvalue weighted by Gasteiger charge is 2.64. The van der Waals surface area contributed by atoms with Crippen LogP contribution in [0.15, 0.2) is 48.5 Å². The predicted molar refractivity (Wildman–Crippen MR) is 194 cm³/mol. The van der Waals surface area contributed by atoms with Crippen LogP contribution in [0.3, 0.4) is 0 Å². The minimum Gasteiger partial charge on any atom is -0.453 e. The van der Waals surface area contributed by atoms with Crippen molar-refractivity contribution in [3.05, 3.63) is 71.3 Å². The number of fused-ring (bicyclic) bond motifs is 5. The summed E-state index contributed by atoms with van der Waals surface area (Å²) in [6.45, 7) is 6.40. The molecule has 3 aromatic carbocycles. The van der Waals surface area contributed by atoms with Crippen molar-refractivity contribution in [3.63, 3.8) is 0 Å². The third kappa shape index (κ3) is 6.00. The van der Waals surface area contributed by atoms with Crippen LogP contribution >= 0.6 is 0 Å². The van der Waals surface area contributed by atoms with E-state index in [0.29, 0.717) is 32.1 Å². The lowest BCUT2D eigenvalue weighted by Crippen LogP contribution is -2.54. The van der Waals surface area contributed by atoms with Crippen LogP contribution in [0.5, 0.6) is 0 Å². The Balaban J connectivity index is 0.965. The number of amides is 2. The van der Waals surface area contributed by atoms with Crippen LogP contribution < -0.4 is 10.6 Å².